The predicted molar refractivity (Wildman–Crippen MR) is 98.7 cm³/mol. The molecule has 2 rings (SSSR count). The lowest BCUT2D eigenvalue weighted by molar-refractivity contribution is -0.115. The lowest BCUT2D eigenvalue weighted by Gasteiger charge is -2.14. The molecule has 0 bridgehead atoms. The molecule has 2 aromatic carbocycles. The number of hydrogen-bond donors (Lipinski definition) is 1. The summed E-state index contributed by atoms with van der Waals surface area (Å²) in [5.41, 5.74) is 1.53. The van der Waals surface area contributed by atoms with E-state index < -0.39 is 0 Å². The van der Waals surface area contributed by atoms with Crippen LogP contribution in [0.25, 0.3) is 0 Å². The number of anilines is 1. The number of amides is 1. The van der Waals surface area contributed by atoms with Crippen LogP contribution in [0.1, 0.15) is 25.3 Å². The van der Waals surface area contributed by atoms with Crippen molar-refractivity contribution in [1.82, 2.24) is 0 Å². The number of unbranched alkanes of at least 4 members (excludes halogenated alkanes) is 1. The quantitative estimate of drug-likeness (QED) is 0.698. The zero-order chi connectivity index (χ0) is 18.1. The highest BCUT2D eigenvalue weighted by Crippen LogP contribution is 2.29. The first-order chi connectivity index (χ1) is 12.2. The van der Waals surface area contributed by atoms with Gasteiger partial charge in [0.1, 0.15) is 17.2 Å². The van der Waals surface area contributed by atoms with Gasteiger partial charge in [-0.1, -0.05) is 25.5 Å². The summed E-state index contributed by atoms with van der Waals surface area (Å²) in [7, 11) is 3.21. The summed E-state index contributed by atoms with van der Waals surface area (Å²) in [5, 5.41) is 2.91. The van der Waals surface area contributed by atoms with Crippen LogP contribution < -0.4 is 19.5 Å². The second-order valence-corrected chi connectivity index (χ2v) is 5.64. The van der Waals surface area contributed by atoms with E-state index >= 15 is 0 Å². The van der Waals surface area contributed by atoms with Gasteiger partial charge in [0.2, 0.25) is 5.91 Å². The number of hydrogen-bond acceptors (Lipinski definition) is 4. The van der Waals surface area contributed by atoms with Crippen LogP contribution in [-0.4, -0.2) is 26.7 Å². The van der Waals surface area contributed by atoms with Crippen molar-refractivity contribution >= 4 is 11.6 Å². The average molecular weight is 343 g/mol. The van der Waals surface area contributed by atoms with Crippen LogP contribution in [0.5, 0.6) is 17.2 Å². The molecule has 5 nitrogen and oxygen atoms in total. The Morgan fingerprint density at radius 3 is 2.32 bits per heavy atom. The highest BCUT2D eigenvalue weighted by Gasteiger charge is 2.11. The Labute approximate surface area is 148 Å². The van der Waals surface area contributed by atoms with Gasteiger partial charge in [-0.2, -0.15) is 0 Å². The lowest BCUT2D eigenvalue weighted by atomic mass is 10.1. The fourth-order valence-corrected chi connectivity index (χ4v) is 2.31. The maximum Gasteiger partial charge on any atom is 0.228 e. The van der Waals surface area contributed by atoms with E-state index in [0.717, 1.165) is 24.2 Å². The molecule has 0 saturated carbocycles. The summed E-state index contributed by atoms with van der Waals surface area (Å²) in [4.78, 5) is 12.4. The molecule has 5 heteroatoms. The summed E-state index contributed by atoms with van der Waals surface area (Å²) >= 11 is 0. The summed E-state index contributed by atoms with van der Waals surface area (Å²) < 4.78 is 16.1. The smallest absolute Gasteiger partial charge is 0.228 e. The van der Waals surface area contributed by atoms with Gasteiger partial charge in [0, 0.05) is 6.07 Å². The van der Waals surface area contributed by atoms with Crippen molar-refractivity contribution < 1.29 is 19.0 Å². The van der Waals surface area contributed by atoms with E-state index in [4.69, 9.17) is 14.2 Å². The minimum atomic E-state index is -0.112. The van der Waals surface area contributed by atoms with E-state index in [-0.39, 0.29) is 12.3 Å². The van der Waals surface area contributed by atoms with Crippen LogP contribution in [0.3, 0.4) is 0 Å². The molecule has 0 unspecified atom stereocenters. The highest BCUT2D eigenvalue weighted by molar-refractivity contribution is 5.94. The highest BCUT2D eigenvalue weighted by atomic mass is 16.5. The summed E-state index contributed by atoms with van der Waals surface area (Å²) in [5.74, 6) is 1.97. The molecule has 2 aromatic rings. The number of rotatable bonds is 9. The molecule has 0 aliphatic carbocycles. The van der Waals surface area contributed by atoms with Crippen LogP contribution in [0.4, 0.5) is 5.69 Å². The van der Waals surface area contributed by atoms with Crippen molar-refractivity contribution in [3.8, 4) is 17.2 Å². The van der Waals surface area contributed by atoms with E-state index in [0.29, 0.717) is 23.8 Å². The Kier molecular flexibility index (Phi) is 7.14. The van der Waals surface area contributed by atoms with Crippen molar-refractivity contribution in [3.63, 3.8) is 0 Å². The first-order valence-electron chi connectivity index (χ1n) is 8.40. The van der Waals surface area contributed by atoms with Crippen LogP contribution in [0, 0.1) is 0 Å². The number of carbonyl (C=O) groups excluding carboxylic acids is 1. The minimum absolute atomic E-state index is 0.112. The van der Waals surface area contributed by atoms with Crippen molar-refractivity contribution in [3.05, 3.63) is 48.0 Å². The monoisotopic (exact) mass is 343 g/mol. The Balaban J connectivity index is 2.06. The average Bonchev–Trinajstić information content (AvgIpc) is 2.63. The van der Waals surface area contributed by atoms with Crippen LogP contribution in [-0.2, 0) is 11.2 Å². The van der Waals surface area contributed by atoms with Gasteiger partial charge in [-0.25, -0.2) is 0 Å². The Hall–Kier alpha value is -2.69. The second kappa shape index (κ2) is 9.57. The van der Waals surface area contributed by atoms with Gasteiger partial charge >= 0.3 is 0 Å². The standard InChI is InChI=1S/C20H25NO4/c1-4-5-12-25-19-11-10-17(24-3)14-18(19)21-20(22)13-15-6-8-16(23-2)9-7-15/h6-11,14H,4-5,12-13H2,1-3H3,(H,21,22). The molecule has 0 aliphatic heterocycles. The van der Waals surface area contributed by atoms with Gasteiger partial charge < -0.3 is 19.5 Å². The lowest BCUT2D eigenvalue weighted by Crippen LogP contribution is -2.15. The number of ether oxygens (including phenoxy) is 3. The van der Waals surface area contributed by atoms with E-state index in [1.807, 2.05) is 36.4 Å². The SMILES string of the molecule is CCCCOc1ccc(OC)cc1NC(=O)Cc1ccc(OC)cc1. The topological polar surface area (TPSA) is 56.8 Å². The minimum Gasteiger partial charge on any atom is -0.497 e. The summed E-state index contributed by atoms with van der Waals surface area (Å²) in [6.07, 6.45) is 2.29. The van der Waals surface area contributed by atoms with Gasteiger partial charge in [-0.05, 0) is 36.2 Å². The molecule has 0 saturated heterocycles. The first-order valence-corrected chi connectivity index (χ1v) is 8.40. The van der Waals surface area contributed by atoms with Gasteiger partial charge in [0.25, 0.3) is 0 Å². The molecule has 0 fully saturated rings. The molecule has 0 heterocycles. The molecule has 1 N–H and O–H groups in total. The summed E-state index contributed by atoms with van der Waals surface area (Å²) in [6, 6.07) is 12.8. The molecule has 134 valence electrons. The van der Waals surface area contributed by atoms with Crippen molar-refractivity contribution in [2.24, 2.45) is 0 Å². The number of carbonyl (C=O) groups is 1. The molecule has 25 heavy (non-hydrogen) atoms. The first kappa shape index (κ1) is 18.6. The number of nitrogens with one attached hydrogen (secondary N) is 1. The number of methoxy groups -OCH3 is 2. The van der Waals surface area contributed by atoms with E-state index in [2.05, 4.69) is 12.2 Å². The Morgan fingerprint density at radius 2 is 1.68 bits per heavy atom. The van der Waals surface area contributed by atoms with Gasteiger partial charge in [-0.3, -0.25) is 4.79 Å². The van der Waals surface area contributed by atoms with Gasteiger partial charge in [-0.15, -0.1) is 0 Å². The molecule has 1 amide bonds. The van der Waals surface area contributed by atoms with E-state index in [9.17, 15) is 4.79 Å². The molecular weight excluding hydrogens is 318 g/mol. The van der Waals surface area contributed by atoms with Crippen LogP contribution in [0.2, 0.25) is 0 Å². The maximum atomic E-state index is 12.4. The predicted octanol–water partition coefficient (Wildman–Crippen LogP) is 4.06. The molecule has 0 aromatic heterocycles. The van der Waals surface area contributed by atoms with Crippen molar-refractivity contribution in [1.29, 1.82) is 0 Å². The van der Waals surface area contributed by atoms with E-state index in [1.165, 1.54) is 0 Å². The zero-order valence-electron chi connectivity index (χ0n) is 15.0. The van der Waals surface area contributed by atoms with E-state index in [1.54, 1.807) is 20.3 Å². The molecule has 0 atom stereocenters. The molecule has 0 spiro atoms. The molecular formula is C20H25NO4. The van der Waals surface area contributed by atoms with Crippen molar-refractivity contribution in [2.45, 2.75) is 26.2 Å². The third-order valence-electron chi connectivity index (χ3n) is 3.74. The maximum absolute atomic E-state index is 12.4. The fraction of sp³-hybridized carbons (Fsp3) is 0.350. The third kappa shape index (κ3) is 5.71. The number of benzene rings is 2. The third-order valence-corrected chi connectivity index (χ3v) is 3.74. The van der Waals surface area contributed by atoms with Gasteiger partial charge in [0.15, 0.2) is 0 Å². The normalized spacial score (nSPS) is 10.2. The van der Waals surface area contributed by atoms with Crippen molar-refractivity contribution in [2.75, 3.05) is 26.1 Å². The largest absolute Gasteiger partial charge is 0.497 e. The van der Waals surface area contributed by atoms with Crippen LogP contribution >= 0.6 is 0 Å². The zero-order valence-corrected chi connectivity index (χ0v) is 15.0. The second-order valence-electron chi connectivity index (χ2n) is 5.64. The molecule has 0 aliphatic rings. The Morgan fingerprint density at radius 1 is 1.00 bits per heavy atom. The fourth-order valence-electron chi connectivity index (χ4n) is 2.31. The molecule has 0 radical (unpaired) electrons. The van der Waals surface area contributed by atoms with Gasteiger partial charge in [0.05, 0.1) is 32.9 Å². The van der Waals surface area contributed by atoms with Crippen LogP contribution in [0.15, 0.2) is 42.5 Å². The Bertz CT molecular complexity index is 683. The summed E-state index contributed by atoms with van der Waals surface area (Å²) in [6.45, 7) is 2.72.